The number of piperidine rings is 1. The molecule has 1 atom stereocenters. The zero-order chi connectivity index (χ0) is 23.3. The summed E-state index contributed by atoms with van der Waals surface area (Å²) >= 11 is 0. The molecule has 1 amide bonds. The lowest BCUT2D eigenvalue weighted by Crippen LogP contribution is -2.49. The van der Waals surface area contributed by atoms with Crippen molar-refractivity contribution in [3.8, 4) is 0 Å². The van der Waals surface area contributed by atoms with Gasteiger partial charge in [0, 0.05) is 18.5 Å². The third kappa shape index (κ3) is 5.12. The summed E-state index contributed by atoms with van der Waals surface area (Å²) < 4.78 is 32.6. The fourth-order valence-electron chi connectivity index (χ4n) is 4.67. The first kappa shape index (κ1) is 23.4. The third-order valence-electron chi connectivity index (χ3n) is 6.74. The molecule has 2 fully saturated rings. The molecule has 2 aromatic rings. The number of rotatable bonds is 8. The smallest absolute Gasteiger partial charge is 0.324 e. The third-order valence-corrected chi connectivity index (χ3v) is 8.66. The first-order valence-electron chi connectivity index (χ1n) is 11.5. The van der Waals surface area contributed by atoms with Gasteiger partial charge in [-0.25, -0.2) is 8.42 Å². The molecule has 1 aliphatic heterocycles. The van der Waals surface area contributed by atoms with Crippen LogP contribution >= 0.6 is 0 Å². The van der Waals surface area contributed by atoms with E-state index in [2.05, 4.69) is 17.4 Å². The molecule has 33 heavy (non-hydrogen) atoms. The SMILES string of the molecule is O=C(COC(=O)C1CCCCN1S(=O)(=O)c1ccccc1)NCC1(c2ccccc2)CCC1. The summed E-state index contributed by atoms with van der Waals surface area (Å²) in [5.41, 5.74) is 1.14. The topological polar surface area (TPSA) is 92.8 Å². The van der Waals surface area contributed by atoms with E-state index < -0.39 is 28.6 Å². The minimum atomic E-state index is -3.82. The first-order chi connectivity index (χ1) is 15.9. The molecule has 176 valence electrons. The van der Waals surface area contributed by atoms with Crippen LogP contribution in [0.3, 0.4) is 0 Å². The summed E-state index contributed by atoms with van der Waals surface area (Å²) in [6.07, 6.45) is 4.91. The van der Waals surface area contributed by atoms with Crippen LogP contribution in [0.4, 0.5) is 0 Å². The molecular formula is C25H30N2O5S. The van der Waals surface area contributed by atoms with Crippen LogP contribution in [0, 0.1) is 0 Å². The highest BCUT2D eigenvalue weighted by atomic mass is 32.2. The Balaban J connectivity index is 1.34. The maximum Gasteiger partial charge on any atom is 0.324 e. The molecule has 0 radical (unpaired) electrons. The molecule has 1 unspecified atom stereocenters. The zero-order valence-electron chi connectivity index (χ0n) is 18.6. The van der Waals surface area contributed by atoms with Crippen molar-refractivity contribution in [3.05, 3.63) is 66.2 Å². The lowest BCUT2D eigenvalue weighted by atomic mass is 9.64. The van der Waals surface area contributed by atoms with Gasteiger partial charge < -0.3 is 10.1 Å². The summed E-state index contributed by atoms with van der Waals surface area (Å²) in [6, 6.07) is 17.3. The number of carbonyl (C=O) groups excluding carboxylic acids is 2. The summed E-state index contributed by atoms with van der Waals surface area (Å²) in [4.78, 5) is 25.3. The van der Waals surface area contributed by atoms with Crippen molar-refractivity contribution in [2.45, 2.75) is 54.9 Å². The minimum absolute atomic E-state index is 0.0646. The van der Waals surface area contributed by atoms with Crippen molar-refractivity contribution in [2.75, 3.05) is 19.7 Å². The van der Waals surface area contributed by atoms with Gasteiger partial charge in [-0.05, 0) is 49.8 Å². The van der Waals surface area contributed by atoms with Gasteiger partial charge in [-0.2, -0.15) is 4.31 Å². The molecule has 2 aliphatic rings. The van der Waals surface area contributed by atoms with E-state index in [9.17, 15) is 18.0 Å². The van der Waals surface area contributed by atoms with Crippen molar-refractivity contribution in [1.29, 1.82) is 0 Å². The number of sulfonamides is 1. The lowest BCUT2D eigenvalue weighted by Gasteiger charge is -2.42. The average molecular weight is 471 g/mol. The van der Waals surface area contributed by atoms with E-state index in [0.717, 1.165) is 25.7 Å². The molecule has 2 aromatic carbocycles. The van der Waals surface area contributed by atoms with Gasteiger partial charge in [-0.15, -0.1) is 0 Å². The number of ether oxygens (including phenoxy) is 1. The second-order valence-electron chi connectivity index (χ2n) is 8.82. The molecule has 8 heteroatoms. The fourth-order valence-corrected chi connectivity index (χ4v) is 6.34. The molecule has 1 saturated carbocycles. The monoisotopic (exact) mass is 470 g/mol. The van der Waals surface area contributed by atoms with Crippen LogP contribution in [0.1, 0.15) is 44.1 Å². The molecule has 1 heterocycles. The average Bonchev–Trinajstić information content (AvgIpc) is 2.83. The Labute approximate surface area is 195 Å². The van der Waals surface area contributed by atoms with E-state index in [4.69, 9.17) is 4.74 Å². The van der Waals surface area contributed by atoms with E-state index in [-0.39, 0.29) is 22.8 Å². The predicted octanol–water partition coefficient (Wildman–Crippen LogP) is 3.01. The number of nitrogens with zero attached hydrogens (tertiary/aromatic N) is 1. The van der Waals surface area contributed by atoms with Crippen LogP contribution in [0.5, 0.6) is 0 Å². The van der Waals surface area contributed by atoms with E-state index in [1.54, 1.807) is 18.2 Å². The van der Waals surface area contributed by atoms with Crippen LogP contribution in [0.2, 0.25) is 0 Å². The standard InChI is InChI=1S/C25H30N2O5S/c28-23(26-19-25(15-9-16-25)20-10-3-1-4-11-20)18-32-24(29)22-14-7-8-17-27(22)33(30,31)21-12-5-2-6-13-21/h1-6,10-13,22H,7-9,14-19H2,(H,26,28). The van der Waals surface area contributed by atoms with Gasteiger partial charge >= 0.3 is 5.97 Å². The van der Waals surface area contributed by atoms with Gasteiger partial charge in [-0.1, -0.05) is 55.0 Å². The van der Waals surface area contributed by atoms with Crippen molar-refractivity contribution in [2.24, 2.45) is 0 Å². The van der Waals surface area contributed by atoms with Crippen molar-refractivity contribution in [3.63, 3.8) is 0 Å². The number of hydrogen-bond donors (Lipinski definition) is 1. The second kappa shape index (κ2) is 10.1. The van der Waals surface area contributed by atoms with E-state index >= 15 is 0 Å². The van der Waals surface area contributed by atoms with Crippen molar-refractivity contribution in [1.82, 2.24) is 9.62 Å². The Morgan fingerprint density at radius 2 is 1.64 bits per heavy atom. The maximum absolute atomic E-state index is 13.1. The summed E-state index contributed by atoms with van der Waals surface area (Å²) in [7, 11) is -3.82. The molecular weight excluding hydrogens is 440 g/mol. The summed E-state index contributed by atoms with van der Waals surface area (Å²) in [6.45, 7) is 0.327. The Morgan fingerprint density at radius 3 is 2.27 bits per heavy atom. The van der Waals surface area contributed by atoms with Crippen LogP contribution in [0.25, 0.3) is 0 Å². The van der Waals surface area contributed by atoms with E-state index in [1.807, 2.05) is 18.2 Å². The molecule has 1 aliphatic carbocycles. The molecule has 7 nitrogen and oxygen atoms in total. The first-order valence-corrected chi connectivity index (χ1v) is 12.9. The van der Waals surface area contributed by atoms with Gasteiger partial charge in [0.25, 0.3) is 5.91 Å². The molecule has 4 rings (SSSR count). The Bertz CT molecular complexity index is 1070. The van der Waals surface area contributed by atoms with Gasteiger partial charge in [0.15, 0.2) is 6.61 Å². The number of amides is 1. The van der Waals surface area contributed by atoms with Gasteiger partial charge in [-0.3, -0.25) is 9.59 Å². The second-order valence-corrected chi connectivity index (χ2v) is 10.7. The summed E-state index contributed by atoms with van der Waals surface area (Å²) in [5.74, 6) is -1.05. The van der Waals surface area contributed by atoms with Crippen molar-refractivity contribution >= 4 is 21.9 Å². The highest BCUT2D eigenvalue weighted by Gasteiger charge is 2.40. The van der Waals surface area contributed by atoms with Gasteiger partial charge in [0.2, 0.25) is 10.0 Å². The highest BCUT2D eigenvalue weighted by molar-refractivity contribution is 7.89. The van der Waals surface area contributed by atoms with Gasteiger partial charge in [0.1, 0.15) is 6.04 Å². The lowest BCUT2D eigenvalue weighted by molar-refractivity contribution is -0.153. The normalized spacial score (nSPS) is 20.4. The fraction of sp³-hybridized carbons (Fsp3) is 0.440. The molecule has 0 bridgehead atoms. The van der Waals surface area contributed by atoms with E-state index in [0.29, 0.717) is 19.4 Å². The molecule has 1 saturated heterocycles. The van der Waals surface area contributed by atoms with Crippen LogP contribution in [-0.4, -0.2) is 50.3 Å². The predicted molar refractivity (Wildman–Crippen MR) is 124 cm³/mol. The minimum Gasteiger partial charge on any atom is -0.454 e. The Morgan fingerprint density at radius 1 is 0.970 bits per heavy atom. The highest BCUT2D eigenvalue weighted by Crippen LogP contribution is 2.43. The van der Waals surface area contributed by atoms with Crippen LogP contribution < -0.4 is 5.32 Å². The van der Waals surface area contributed by atoms with Gasteiger partial charge in [0.05, 0.1) is 4.90 Å². The summed E-state index contributed by atoms with van der Waals surface area (Å²) in [5, 5.41) is 2.90. The molecule has 1 N–H and O–H groups in total. The largest absolute Gasteiger partial charge is 0.454 e. The van der Waals surface area contributed by atoms with Crippen LogP contribution in [0.15, 0.2) is 65.6 Å². The number of esters is 1. The van der Waals surface area contributed by atoms with E-state index in [1.165, 1.54) is 22.0 Å². The number of benzene rings is 2. The molecule has 0 aromatic heterocycles. The maximum atomic E-state index is 13.1. The quantitative estimate of drug-likeness (QED) is 0.599. The number of carbonyl (C=O) groups is 2. The molecule has 0 spiro atoms. The van der Waals surface area contributed by atoms with Crippen LogP contribution in [-0.2, 0) is 29.8 Å². The Hall–Kier alpha value is -2.71. The Kier molecular flexibility index (Phi) is 7.14. The number of nitrogens with one attached hydrogen (secondary N) is 1. The zero-order valence-corrected chi connectivity index (χ0v) is 19.4. The van der Waals surface area contributed by atoms with Crippen molar-refractivity contribution < 1.29 is 22.7 Å². The number of hydrogen-bond acceptors (Lipinski definition) is 5.